The standard InChI is InChI=1S/C42H78NO2/c1-5-7-9-11-13-15-17-19-21-23-25-29-35-44-41-34-33-39(38-43(3,4)40-31-27-28-32-40)37-42(41)45-36-30-26-24-22-20-18-16-14-12-10-8-6-2/h33-34,37,40H,5-32,35-36,38H2,1-4H3/q+1. The fourth-order valence-electron chi connectivity index (χ4n) is 7.34. The van der Waals surface area contributed by atoms with Crippen LogP contribution < -0.4 is 9.47 Å². The second-order valence-corrected chi connectivity index (χ2v) is 15.1. The molecule has 1 aliphatic rings. The fraction of sp³-hybridized carbons (Fsp3) is 0.857. The van der Waals surface area contributed by atoms with Gasteiger partial charge >= 0.3 is 0 Å². The number of unbranched alkanes of at least 4 members (excludes halogenated alkanes) is 22. The summed E-state index contributed by atoms with van der Waals surface area (Å²) in [5.74, 6) is 1.92. The molecule has 3 nitrogen and oxygen atoms in total. The highest BCUT2D eigenvalue weighted by molar-refractivity contribution is 5.43. The molecule has 0 aromatic heterocycles. The van der Waals surface area contributed by atoms with Crippen molar-refractivity contribution in [1.29, 1.82) is 0 Å². The van der Waals surface area contributed by atoms with E-state index in [1.165, 1.54) is 173 Å². The first kappa shape index (κ1) is 40.0. The van der Waals surface area contributed by atoms with Crippen LogP contribution in [-0.2, 0) is 6.54 Å². The van der Waals surface area contributed by atoms with Gasteiger partial charge in [0.15, 0.2) is 11.5 Å². The second-order valence-electron chi connectivity index (χ2n) is 15.1. The predicted octanol–water partition coefficient (Wildman–Crippen LogP) is 13.4. The number of nitrogens with zero attached hydrogens (tertiary/aromatic N) is 1. The summed E-state index contributed by atoms with van der Waals surface area (Å²) < 4.78 is 13.9. The third kappa shape index (κ3) is 19.9. The summed E-state index contributed by atoms with van der Waals surface area (Å²) in [7, 11) is 4.84. The minimum Gasteiger partial charge on any atom is -0.490 e. The molecule has 0 heterocycles. The SMILES string of the molecule is CCCCCCCCCCCCCCOc1ccc(C[N+](C)(C)C2CCCC2)cc1OCCCCCCCCCCCCCC. The van der Waals surface area contributed by atoms with Gasteiger partial charge in [0, 0.05) is 5.56 Å². The average Bonchev–Trinajstić information content (AvgIpc) is 3.59. The van der Waals surface area contributed by atoms with Crippen LogP contribution in [0.2, 0.25) is 0 Å². The van der Waals surface area contributed by atoms with E-state index in [1.54, 1.807) is 0 Å². The zero-order chi connectivity index (χ0) is 32.3. The average molecular weight is 629 g/mol. The molecule has 3 heteroatoms. The minimum absolute atomic E-state index is 0.789. The van der Waals surface area contributed by atoms with Crippen LogP contribution >= 0.6 is 0 Å². The third-order valence-electron chi connectivity index (χ3n) is 10.4. The van der Waals surface area contributed by atoms with Crippen LogP contribution in [0, 0.1) is 0 Å². The zero-order valence-corrected chi connectivity index (χ0v) is 31.0. The molecule has 0 aliphatic heterocycles. The summed E-state index contributed by atoms with van der Waals surface area (Å²) in [4.78, 5) is 0. The maximum Gasteiger partial charge on any atom is 0.161 e. The van der Waals surface area contributed by atoms with Crippen molar-refractivity contribution in [3.8, 4) is 11.5 Å². The Bertz CT molecular complexity index is 800. The summed E-state index contributed by atoms with van der Waals surface area (Å²) in [6, 6.07) is 7.58. The van der Waals surface area contributed by atoms with Gasteiger partial charge in [-0.15, -0.1) is 0 Å². The molecular formula is C42H78NO2+. The van der Waals surface area contributed by atoms with Gasteiger partial charge < -0.3 is 14.0 Å². The van der Waals surface area contributed by atoms with Gasteiger partial charge in [-0.05, 0) is 56.7 Å². The van der Waals surface area contributed by atoms with E-state index in [0.29, 0.717) is 0 Å². The van der Waals surface area contributed by atoms with Gasteiger partial charge in [0.2, 0.25) is 0 Å². The van der Waals surface area contributed by atoms with Crippen LogP contribution in [0.15, 0.2) is 18.2 Å². The zero-order valence-electron chi connectivity index (χ0n) is 31.0. The molecule has 0 N–H and O–H groups in total. The first-order valence-electron chi connectivity index (χ1n) is 20.3. The smallest absolute Gasteiger partial charge is 0.161 e. The highest BCUT2D eigenvalue weighted by Crippen LogP contribution is 2.33. The van der Waals surface area contributed by atoms with E-state index in [-0.39, 0.29) is 0 Å². The molecular weight excluding hydrogens is 550 g/mol. The second kappa shape index (κ2) is 26.8. The van der Waals surface area contributed by atoms with Gasteiger partial charge in [-0.3, -0.25) is 0 Å². The lowest BCUT2D eigenvalue weighted by Gasteiger charge is -2.36. The topological polar surface area (TPSA) is 18.5 Å². The predicted molar refractivity (Wildman–Crippen MR) is 198 cm³/mol. The number of ether oxygens (including phenoxy) is 2. The Morgan fingerprint density at radius 2 is 0.889 bits per heavy atom. The highest BCUT2D eigenvalue weighted by Gasteiger charge is 2.31. The molecule has 45 heavy (non-hydrogen) atoms. The Hall–Kier alpha value is -1.22. The summed E-state index contributed by atoms with van der Waals surface area (Å²) in [6.07, 6.45) is 38.5. The normalized spacial score (nSPS) is 14.0. The van der Waals surface area contributed by atoms with Crippen molar-refractivity contribution < 1.29 is 14.0 Å². The number of benzene rings is 1. The number of hydrogen-bond acceptors (Lipinski definition) is 2. The van der Waals surface area contributed by atoms with Crippen molar-refractivity contribution in [3.05, 3.63) is 23.8 Å². The Kier molecular flexibility index (Phi) is 23.8. The van der Waals surface area contributed by atoms with E-state index in [1.807, 2.05) is 0 Å². The molecule has 0 atom stereocenters. The monoisotopic (exact) mass is 629 g/mol. The van der Waals surface area contributed by atoms with E-state index >= 15 is 0 Å². The van der Waals surface area contributed by atoms with Gasteiger partial charge in [-0.2, -0.15) is 0 Å². The maximum atomic E-state index is 6.44. The Labute approximate surface area is 282 Å². The molecule has 1 fully saturated rings. The molecule has 0 unspecified atom stereocenters. The Balaban J connectivity index is 1.68. The Morgan fingerprint density at radius 3 is 1.31 bits per heavy atom. The van der Waals surface area contributed by atoms with Gasteiger partial charge in [0.05, 0.1) is 33.4 Å². The van der Waals surface area contributed by atoms with E-state index in [2.05, 4.69) is 46.1 Å². The van der Waals surface area contributed by atoms with Crippen molar-refractivity contribution in [2.75, 3.05) is 27.3 Å². The lowest BCUT2D eigenvalue weighted by molar-refractivity contribution is -0.927. The molecule has 262 valence electrons. The summed E-state index contributed by atoms with van der Waals surface area (Å²) in [5.41, 5.74) is 1.38. The van der Waals surface area contributed by atoms with Crippen LogP contribution in [0.25, 0.3) is 0 Å². The van der Waals surface area contributed by atoms with Gasteiger partial charge in [0.25, 0.3) is 0 Å². The first-order chi connectivity index (χ1) is 22.1. The molecule has 0 amide bonds. The summed E-state index contributed by atoms with van der Waals surface area (Å²) in [5, 5.41) is 0. The van der Waals surface area contributed by atoms with Gasteiger partial charge in [0.1, 0.15) is 6.54 Å². The Morgan fingerprint density at radius 1 is 0.511 bits per heavy atom. The van der Waals surface area contributed by atoms with Crippen LogP contribution in [0.3, 0.4) is 0 Å². The quantitative estimate of drug-likeness (QED) is 0.0601. The summed E-state index contributed by atoms with van der Waals surface area (Å²) >= 11 is 0. The van der Waals surface area contributed by atoms with E-state index < -0.39 is 0 Å². The van der Waals surface area contributed by atoms with Crippen LogP contribution in [0.1, 0.15) is 199 Å². The molecule has 0 saturated heterocycles. The van der Waals surface area contributed by atoms with E-state index in [4.69, 9.17) is 9.47 Å². The molecule has 0 radical (unpaired) electrons. The summed E-state index contributed by atoms with van der Waals surface area (Å²) in [6.45, 7) is 7.27. The molecule has 0 spiro atoms. The first-order valence-corrected chi connectivity index (χ1v) is 20.3. The number of quaternary nitrogens is 1. The van der Waals surface area contributed by atoms with Crippen molar-refractivity contribution in [1.82, 2.24) is 0 Å². The third-order valence-corrected chi connectivity index (χ3v) is 10.4. The van der Waals surface area contributed by atoms with Crippen molar-refractivity contribution in [2.24, 2.45) is 0 Å². The van der Waals surface area contributed by atoms with Crippen molar-refractivity contribution >= 4 is 0 Å². The molecule has 1 aromatic carbocycles. The molecule has 0 bridgehead atoms. The molecule has 2 rings (SSSR count). The van der Waals surface area contributed by atoms with Gasteiger partial charge in [-0.25, -0.2) is 0 Å². The van der Waals surface area contributed by atoms with Crippen molar-refractivity contribution in [3.63, 3.8) is 0 Å². The lowest BCUT2D eigenvalue weighted by Crippen LogP contribution is -2.46. The maximum absolute atomic E-state index is 6.44. The number of rotatable bonds is 31. The van der Waals surface area contributed by atoms with Gasteiger partial charge in [-0.1, -0.05) is 155 Å². The number of hydrogen-bond donors (Lipinski definition) is 0. The largest absolute Gasteiger partial charge is 0.490 e. The molecule has 1 aliphatic carbocycles. The minimum atomic E-state index is 0.789. The van der Waals surface area contributed by atoms with Crippen molar-refractivity contribution in [2.45, 2.75) is 206 Å². The fourth-order valence-corrected chi connectivity index (χ4v) is 7.34. The van der Waals surface area contributed by atoms with Crippen LogP contribution in [-0.4, -0.2) is 37.8 Å². The van der Waals surface area contributed by atoms with Crippen LogP contribution in [0.4, 0.5) is 0 Å². The highest BCUT2D eigenvalue weighted by atomic mass is 16.5. The van der Waals surface area contributed by atoms with E-state index in [0.717, 1.165) is 54.6 Å². The lowest BCUT2D eigenvalue weighted by atomic mass is 10.1. The van der Waals surface area contributed by atoms with Crippen LogP contribution in [0.5, 0.6) is 11.5 Å². The molecule has 1 aromatic rings. The van der Waals surface area contributed by atoms with E-state index in [9.17, 15) is 0 Å². The molecule has 1 saturated carbocycles.